The quantitative estimate of drug-likeness (QED) is 0.745. The summed E-state index contributed by atoms with van der Waals surface area (Å²) in [6, 6.07) is 0. The smallest absolute Gasteiger partial charge is 0.318 e. The summed E-state index contributed by atoms with van der Waals surface area (Å²) in [5.74, 6) is -2.17. The van der Waals surface area contributed by atoms with E-state index < -0.39 is 21.6 Å². The number of carboxylic acid groups (broad SMARTS) is 1. The predicted octanol–water partition coefficient (Wildman–Crippen LogP) is 1.06. The Bertz CT molecular complexity index is 686. The van der Waals surface area contributed by atoms with Gasteiger partial charge in [0.15, 0.2) is 9.84 Å². The summed E-state index contributed by atoms with van der Waals surface area (Å²) < 4.78 is 23.3. The van der Waals surface area contributed by atoms with Crippen LogP contribution >= 0.6 is 11.3 Å². The number of hydrogen-bond acceptors (Lipinski definition) is 7. The third-order valence-corrected chi connectivity index (χ3v) is 6.91. The zero-order chi connectivity index (χ0) is 18.7. The minimum Gasteiger partial charge on any atom is -0.480 e. The summed E-state index contributed by atoms with van der Waals surface area (Å²) in [5, 5.41) is 11.9. The van der Waals surface area contributed by atoms with Crippen LogP contribution in [-0.4, -0.2) is 78.5 Å². The molecule has 25 heavy (non-hydrogen) atoms. The van der Waals surface area contributed by atoms with E-state index in [9.17, 15) is 13.2 Å². The number of sulfone groups is 1. The Balaban J connectivity index is 1.76. The van der Waals surface area contributed by atoms with E-state index in [-0.39, 0.29) is 11.2 Å². The number of aliphatic carboxylic acids is 1. The van der Waals surface area contributed by atoms with Crippen LogP contribution in [0.25, 0.3) is 0 Å². The summed E-state index contributed by atoms with van der Waals surface area (Å²) in [6.45, 7) is 11.0. The van der Waals surface area contributed by atoms with Gasteiger partial charge in [-0.1, -0.05) is 20.8 Å². The third kappa shape index (κ3) is 6.65. The summed E-state index contributed by atoms with van der Waals surface area (Å²) >= 11 is 1.70. The van der Waals surface area contributed by atoms with Gasteiger partial charge in [-0.25, -0.2) is 13.4 Å². The lowest BCUT2D eigenvalue weighted by molar-refractivity contribution is -0.134. The lowest BCUT2D eigenvalue weighted by atomic mass is 9.98. The van der Waals surface area contributed by atoms with E-state index in [4.69, 9.17) is 10.1 Å². The Kier molecular flexibility index (Phi) is 6.58. The van der Waals surface area contributed by atoms with E-state index in [0.29, 0.717) is 6.54 Å². The fraction of sp³-hybridized carbons (Fsp3) is 0.750. The number of rotatable bonds is 7. The van der Waals surface area contributed by atoms with Gasteiger partial charge in [-0.3, -0.25) is 14.6 Å². The molecule has 0 atom stereocenters. The topological polar surface area (TPSA) is 90.8 Å². The molecule has 9 heteroatoms. The first-order valence-corrected chi connectivity index (χ1v) is 11.1. The Hall–Kier alpha value is -1.03. The molecule has 1 saturated heterocycles. The highest BCUT2D eigenvalue weighted by molar-refractivity contribution is 7.92. The van der Waals surface area contributed by atoms with Crippen LogP contribution in [0.4, 0.5) is 0 Å². The molecule has 0 spiro atoms. The fourth-order valence-corrected chi connectivity index (χ4v) is 4.61. The number of carboxylic acids is 1. The van der Waals surface area contributed by atoms with E-state index in [1.165, 1.54) is 0 Å². The lowest BCUT2D eigenvalue weighted by Crippen LogP contribution is -2.47. The van der Waals surface area contributed by atoms with E-state index in [2.05, 4.69) is 36.0 Å². The largest absolute Gasteiger partial charge is 0.480 e. The second-order valence-corrected chi connectivity index (χ2v) is 10.5. The molecule has 0 amide bonds. The maximum Gasteiger partial charge on any atom is 0.318 e. The Labute approximate surface area is 153 Å². The van der Waals surface area contributed by atoms with Gasteiger partial charge in [-0.2, -0.15) is 0 Å². The number of nitrogens with zero attached hydrogens (tertiary/aromatic N) is 3. The molecule has 1 aromatic rings. The summed E-state index contributed by atoms with van der Waals surface area (Å²) in [6.07, 6.45) is 0. The molecule has 0 saturated carbocycles. The van der Waals surface area contributed by atoms with Crippen LogP contribution in [0.3, 0.4) is 0 Å². The first-order chi connectivity index (χ1) is 11.5. The van der Waals surface area contributed by atoms with Crippen molar-refractivity contribution in [3.05, 3.63) is 16.1 Å². The maximum absolute atomic E-state index is 11.6. The minimum absolute atomic E-state index is 0.0725. The van der Waals surface area contributed by atoms with Crippen molar-refractivity contribution >= 4 is 27.1 Å². The van der Waals surface area contributed by atoms with Crippen molar-refractivity contribution in [2.45, 2.75) is 32.7 Å². The molecule has 0 bridgehead atoms. The number of aromatic nitrogens is 1. The van der Waals surface area contributed by atoms with Gasteiger partial charge in [-0.15, -0.1) is 11.3 Å². The first-order valence-electron chi connectivity index (χ1n) is 8.37. The van der Waals surface area contributed by atoms with Crippen LogP contribution in [0.15, 0.2) is 5.38 Å². The van der Waals surface area contributed by atoms with Crippen molar-refractivity contribution < 1.29 is 18.3 Å². The van der Waals surface area contributed by atoms with Crippen molar-refractivity contribution in [2.24, 2.45) is 0 Å². The number of carbonyl (C=O) groups is 1. The molecule has 2 heterocycles. The van der Waals surface area contributed by atoms with Gasteiger partial charge in [0.05, 0.1) is 16.5 Å². The highest BCUT2D eigenvalue weighted by Gasteiger charge is 2.22. The molecule has 1 aromatic heterocycles. The molecule has 142 valence electrons. The molecule has 0 radical (unpaired) electrons. The standard InChI is InChI=1S/C16H27N3O4S2/c1-16(2,3)15-17-13(11-24-15)10-19-6-4-18(5-7-19)8-9-25(22,23)12-14(20)21/h11H,4-10,12H2,1-3H3,(H,20,21). The average molecular weight is 390 g/mol. The van der Waals surface area contributed by atoms with Gasteiger partial charge in [0.1, 0.15) is 5.75 Å². The van der Waals surface area contributed by atoms with Crippen LogP contribution in [0, 0.1) is 0 Å². The van der Waals surface area contributed by atoms with Gasteiger partial charge >= 0.3 is 5.97 Å². The molecular weight excluding hydrogens is 362 g/mol. The molecule has 0 unspecified atom stereocenters. The molecule has 1 fully saturated rings. The van der Waals surface area contributed by atoms with E-state index in [1.807, 2.05) is 0 Å². The Morgan fingerprint density at radius 2 is 1.84 bits per heavy atom. The van der Waals surface area contributed by atoms with Crippen molar-refractivity contribution in [2.75, 3.05) is 44.2 Å². The van der Waals surface area contributed by atoms with E-state index >= 15 is 0 Å². The monoisotopic (exact) mass is 389 g/mol. The van der Waals surface area contributed by atoms with Gasteiger partial charge in [0.25, 0.3) is 0 Å². The third-order valence-electron chi connectivity index (χ3n) is 4.11. The highest BCUT2D eigenvalue weighted by Crippen LogP contribution is 2.26. The second-order valence-electron chi connectivity index (χ2n) is 7.50. The van der Waals surface area contributed by atoms with E-state index in [0.717, 1.165) is 43.4 Å². The van der Waals surface area contributed by atoms with Crippen LogP contribution in [-0.2, 0) is 26.6 Å². The van der Waals surface area contributed by atoms with Gasteiger partial charge in [-0.05, 0) is 0 Å². The zero-order valence-corrected chi connectivity index (χ0v) is 16.7. The van der Waals surface area contributed by atoms with Gasteiger partial charge in [0, 0.05) is 50.1 Å². The van der Waals surface area contributed by atoms with E-state index in [1.54, 1.807) is 11.3 Å². The van der Waals surface area contributed by atoms with Crippen LogP contribution < -0.4 is 0 Å². The predicted molar refractivity (Wildman–Crippen MR) is 98.8 cm³/mol. The Morgan fingerprint density at radius 3 is 2.36 bits per heavy atom. The SMILES string of the molecule is CC(C)(C)c1nc(CN2CCN(CCS(=O)(=O)CC(=O)O)CC2)cs1. The van der Waals surface area contributed by atoms with Crippen molar-refractivity contribution in [1.82, 2.24) is 14.8 Å². The van der Waals surface area contributed by atoms with Crippen molar-refractivity contribution in [3.8, 4) is 0 Å². The second kappa shape index (κ2) is 8.11. The molecule has 0 aromatic carbocycles. The molecule has 7 nitrogen and oxygen atoms in total. The normalized spacial score (nSPS) is 17.7. The fourth-order valence-electron chi connectivity index (χ4n) is 2.65. The minimum atomic E-state index is -3.52. The molecule has 1 aliphatic rings. The first kappa shape index (κ1) is 20.3. The van der Waals surface area contributed by atoms with Crippen LogP contribution in [0.2, 0.25) is 0 Å². The number of piperazine rings is 1. The van der Waals surface area contributed by atoms with Gasteiger partial charge < -0.3 is 5.11 Å². The molecule has 2 rings (SSSR count). The molecular formula is C16H27N3O4S2. The zero-order valence-electron chi connectivity index (χ0n) is 15.1. The summed E-state index contributed by atoms with van der Waals surface area (Å²) in [7, 11) is -3.52. The number of hydrogen-bond donors (Lipinski definition) is 1. The van der Waals surface area contributed by atoms with Crippen molar-refractivity contribution in [1.29, 1.82) is 0 Å². The highest BCUT2D eigenvalue weighted by atomic mass is 32.2. The summed E-state index contributed by atoms with van der Waals surface area (Å²) in [5.41, 5.74) is 1.16. The van der Waals surface area contributed by atoms with Gasteiger partial charge in [0.2, 0.25) is 0 Å². The molecule has 1 N–H and O–H groups in total. The molecule has 1 aliphatic heterocycles. The maximum atomic E-state index is 11.6. The van der Waals surface area contributed by atoms with Crippen LogP contribution in [0.5, 0.6) is 0 Å². The molecule has 0 aliphatic carbocycles. The van der Waals surface area contributed by atoms with Crippen LogP contribution in [0.1, 0.15) is 31.5 Å². The Morgan fingerprint density at radius 1 is 1.24 bits per heavy atom. The lowest BCUT2D eigenvalue weighted by Gasteiger charge is -2.34. The number of thiazole rings is 1. The summed E-state index contributed by atoms with van der Waals surface area (Å²) in [4.78, 5) is 19.7. The van der Waals surface area contributed by atoms with Crippen molar-refractivity contribution in [3.63, 3.8) is 0 Å². The average Bonchev–Trinajstić information content (AvgIpc) is 2.94.